The molecule has 148 valence electrons. The number of para-hydroxylation sites is 2. The Morgan fingerprint density at radius 3 is 1.97 bits per heavy atom. The molecule has 0 saturated heterocycles. The predicted molar refractivity (Wildman–Crippen MR) is 121 cm³/mol. The lowest BCUT2D eigenvalue weighted by Crippen LogP contribution is -2.12. The van der Waals surface area contributed by atoms with Crippen molar-refractivity contribution in [3.63, 3.8) is 0 Å². The molecule has 5 heteroatoms. The lowest BCUT2D eigenvalue weighted by atomic mass is 10.0. The Bertz CT molecular complexity index is 1630. The number of hydrogen-bond donors (Lipinski definition) is 3. The van der Waals surface area contributed by atoms with Crippen LogP contribution in [0.1, 0.15) is 12.8 Å². The summed E-state index contributed by atoms with van der Waals surface area (Å²) >= 11 is 0. The molecule has 1 atom stereocenters. The number of aromatic amines is 1. The molecule has 3 aromatic heterocycles. The fourth-order valence-corrected chi connectivity index (χ4v) is 5.65. The monoisotopic (exact) mass is 395 g/mol. The third-order valence-corrected chi connectivity index (χ3v) is 6.92. The van der Waals surface area contributed by atoms with Gasteiger partial charge in [0.15, 0.2) is 5.88 Å². The normalized spacial score (nSPS) is 17.4. The number of fused-ring (bicyclic) bond motifs is 9. The summed E-state index contributed by atoms with van der Waals surface area (Å²) in [5.74, 6) is 0.214. The van der Waals surface area contributed by atoms with Crippen molar-refractivity contribution >= 4 is 54.4 Å². The van der Waals surface area contributed by atoms with Crippen LogP contribution in [0.15, 0.2) is 54.7 Å². The Kier molecular flexibility index (Phi) is 3.04. The Morgan fingerprint density at radius 2 is 1.30 bits per heavy atom. The Morgan fingerprint density at radius 1 is 0.733 bits per heavy atom. The third kappa shape index (κ3) is 1.86. The zero-order valence-corrected chi connectivity index (χ0v) is 16.4. The number of aliphatic hydroxyl groups excluding tert-OH is 1. The SMILES string of the molecule is Oc1[nH]cc2c1c1c3ccccc3n3c1c1c2c2ccccc2n1CCC(O)CC3. The molecule has 1 aliphatic rings. The first-order valence-electron chi connectivity index (χ1n) is 10.6. The molecule has 0 saturated carbocycles. The van der Waals surface area contributed by atoms with Crippen LogP contribution in [-0.4, -0.2) is 30.4 Å². The molecule has 0 radical (unpaired) electrons. The van der Waals surface area contributed by atoms with E-state index in [0.29, 0.717) is 0 Å². The minimum atomic E-state index is -0.341. The molecule has 0 bridgehead atoms. The van der Waals surface area contributed by atoms with Crippen LogP contribution >= 0.6 is 0 Å². The highest BCUT2D eigenvalue weighted by Gasteiger charge is 2.26. The summed E-state index contributed by atoms with van der Waals surface area (Å²) in [4.78, 5) is 3.08. The first-order valence-corrected chi connectivity index (χ1v) is 10.6. The van der Waals surface area contributed by atoms with E-state index >= 15 is 0 Å². The first kappa shape index (κ1) is 16.4. The molecular weight excluding hydrogens is 374 g/mol. The van der Waals surface area contributed by atoms with E-state index in [9.17, 15) is 10.2 Å². The van der Waals surface area contributed by atoms with Crippen LogP contribution < -0.4 is 0 Å². The van der Waals surface area contributed by atoms with Crippen molar-refractivity contribution in [2.75, 3.05) is 0 Å². The summed E-state index contributed by atoms with van der Waals surface area (Å²) in [5.41, 5.74) is 4.67. The molecule has 0 spiro atoms. The van der Waals surface area contributed by atoms with Crippen LogP contribution in [0.25, 0.3) is 54.4 Å². The summed E-state index contributed by atoms with van der Waals surface area (Å²) in [5, 5.41) is 28.0. The van der Waals surface area contributed by atoms with Crippen molar-refractivity contribution in [3.8, 4) is 5.88 Å². The number of benzene rings is 3. The topological polar surface area (TPSA) is 66.1 Å². The number of aliphatic hydroxyl groups is 1. The van der Waals surface area contributed by atoms with Gasteiger partial charge < -0.3 is 24.3 Å². The predicted octanol–water partition coefficient (Wildman–Crippen LogP) is 5.24. The van der Waals surface area contributed by atoms with E-state index in [2.05, 4.69) is 62.6 Å². The van der Waals surface area contributed by atoms with Gasteiger partial charge in [-0.05, 0) is 25.0 Å². The van der Waals surface area contributed by atoms with Crippen LogP contribution in [0.5, 0.6) is 5.88 Å². The standard InChI is InChI=1S/C25H21N3O2/c29-14-9-11-27-18-7-3-1-5-15(18)20-17-13-26-25(30)22(17)21-16-6-2-4-8-19(16)28(12-10-14)24(21)23(20)27/h1-8,13-14,26,29-30H,9-12H2. The van der Waals surface area contributed by atoms with Crippen molar-refractivity contribution < 1.29 is 10.2 Å². The Labute approximate surface area is 171 Å². The second-order valence-corrected chi connectivity index (χ2v) is 8.44. The molecule has 7 rings (SSSR count). The van der Waals surface area contributed by atoms with E-state index in [4.69, 9.17) is 0 Å². The molecule has 1 unspecified atom stereocenters. The van der Waals surface area contributed by atoms with Gasteiger partial charge in [0.2, 0.25) is 0 Å². The van der Waals surface area contributed by atoms with Crippen molar-refractivity contribution in [1.29, 1.82) is 0 Å². The van der Waals surface area contributed by atoms with E-state index in [-0.39, 0.29) is 12.0 Å². The highest BCUT2D eigenvalue weighted by molar-refractivity contribution is 6.36. The fraction of sp³-hybridized carbons (Fsp3) is 0.200. The molecular formula is C25H21N3O2. The maximum absolute atomic E-state index is 10.8. The van der Waals surface area contributed by atoms with Gasteiger partial charge in [0.05, 0.1) is 22.5 Å². The van der Waals surface area contributed by atoms with Gasteiger partial charge in [0, 0.05) is 57.3 Å². The van der Waals surface area contributed by atoms with Gasteiger partial charge in [-0.1, -0.05) is 36.4 Å². The van der Waals surface area contributed by atoms with Crippen LogP contribution in [0.4, 0.5) is 0 Å². The quantitative estimate of drug-likeness (QED) is 0.329. The molecule has 0 amide bonds. The van der Waals surface area contributed by atoms with Gasteiger partial charge in [-0.3, -0.25) is 0 Å². The van der Waals surface area contributed by atoms with Gasteiger partial charge in [0.1, 0.15) is 0 Å². The number of H-pyrrole nitrogens is 1. The number of aryl methyl sites for hydroxylation is 2. The molecule has 5 nitrogen and oxygen atoms in total. The molecule has 1 aliphatic heterocycles. The van der Waals surface area contributed by atoms with E-state index in [0.717, 1.165) is 58.5 Å². The number of nitrogens with one attached hydrogen (secondary N) is 1. The highest BCUT2D eigenvalue weighted by atomic mass is 16.3. The molecule has 3 aromatic carbocycles. The Balaban J connectivity index is 1.90. The number of nitrogens with zero attached hydrogens (tertiary/aromatic N) is 2. The molecule has 30 heavy (non-hydrogen) atoms. The van der Waals surface area contributed by atoms with Gasteiger partial charge in [-0.2, -0.15) is 0 Å². The summed E-state index contributed by atoms with van der Waals surface area (Å²) < 4.78 is 4.73. The van der Waals surface area contributed by atoms with E-state index in [1.54, 1.807) is 0 Å². The molecule has 0 aliphatic carbocycles. The number of hydrogen-bond acceptors (Lipinski definition) is 2. The minimum absolute atomic E-state index is 0.214. The molecule has 0 fully saturated rings. The van der Waals surface area contributed by atoms with Gasteiger partial charge in [-0.25, -0.2) is 0 Å². The van der Waals surface area contributed by atoms with Crippen molar-refractivity contribution in [2.45, 2.75) is 32.0 Å². The van der Waals surface area contributed by atoms with Gasteiger partial charge in [-0.15, -0.1) is 0 Å². The van der Waals surface area contributed by atoms with Gasteiger partial charge in [0.25, 0.3) is 0 Å². The first-order chi connectivity index (χ1) is 14.7. The largest absolute Gasteiger partial charge is 0.494 e. The van der Waals surface area contributed by atoms with E-state index in [1.165, 1.54) is 21.8 Å². The molecule has 6 aromatic rings. The minimum Gasteiger partial charge on any atom is -0.494 e. The van der Waals surface area contributed by atoms with Crippen LogP contribution in [0, 0.1) is 0 Å². The smallest absolute Gasteiger partial charge is 0.197 e. The zero-order chi connectivity index (χ0) is 20.0. The number of aromatic nitrogens is 3. The highest BCUT2D eigenvalue weighted by Crippen LogP contribution is 2.47. The second kappa shape index (κ2) is 5.58. The summed E-state index contributed by atoms with van der Waals surface area (Å²) in [7, 11) is 0. The molecule has 4 heterocycles. The van der Waals surface area contributed by atoms with Crippen molar-refractivity contribution in [1.82, 2.24) is 14.1 Å². The average Bonchev–Trinajstić information content (AvgIpc) is 3.41. The van der Waals surface area contributed by atoms with Crippen LogP contribution in [0.2, 0.25) is 0 Å². The summed E-state index contributed by atoms with van der Waals surface area (Å²) in [6, 6.07) is 16.9. The number of aromatic hydroxyl groups is 1. The average molecular weight is 395 g/mol. The number of rotatable bonds is 0. The van der Waals surface area contributed by atoms with Crippen molar-refractivity contribution in [2.24, 2.45) is 0 Å². The van der Waals surface area contributed by atoms with E-state index in [1.807, 2.05) is 6.20 Å². The maximum Gasteiger partial charge on any atom is 0.197 e. The summed E-state index contributed by atoms with van der Waals surface area (Å²) in [6.45, 7) is 1.52. The van der Waals surface area contributed by atoms with E-state index < -0.39 is 0 Å². The third-order valence-electron chi connectivity index (χ3n) is 6.92. The fourth-order valence-electron chi connectivity index (χ4n) is 5.65. The van der Waals surface area contributed by atoms with Crippen molar-refractivity contribution in [3.05, 3.63) is 54.7 Å². The maximum atomic E-state index is 10.8. The second-order valence-electron chi connectivity index (χ2n) is 8.44. The van der Waals surface area contributed by atoms with Gasteiger partial charge >= 0.3 is 0 Å². The lowest BCUT2D eigenvalue weighted by molar-refractivity contribution is 0.145. The van der Waals surface area contributed by atoms with Crippen LogP contribution in [0.3, 0.4) is 0 Å². The Hall–Kier alpha value is -3.44. The summed E-state index contributed by atoms with van der Waals surface area (Å²) in [6.07, 6.45) is 3.04. The molecule has 3 N–H and O–H groups in total. The zero-order valence-electron chi connectivity index (χ0n) is 16.4. The lowest BCUT2D eigenvalue weighted by Gasteiger charge is -2.11. The van der Waals surface area contributed by atoms with Crippen LogP contribution in [-0.2, 0) is 13.1 Å².